The van der Waals surface area contributed by atoms with E-state index in [9.17, 15) is 26.3 Å². The molecular formula is C32H12F10N4. The molecule has 0 aliphatic carbocycles. The Balaban J connectivity index is 1.61. The number of nitrogens with zero attached hydrogens (tertiary/aromatic N) is 2. The summed E-state index contributed by atoms with van der Waals surface area (Å²) < 4.78 is 145. The second-order valence-corrected chi connectivity index (χ2v) is 10.1. The molecule has 3 aromatic heterocycles. The summed E-state index contributed by atoms with van der Waals surface area (Å²) in [6.45, 7) is 0. The molecule has 5 heterocycles. The Morgan fingerprint density at radius 2 is 0.717 bits per heavy atom. The minimum atomic E-state index is -2.34. The van der Waals surface area contributed by atoms with E-state index in [-0.39, 0.29) is 44.8 Å². The van der Waals surface area contributed by atoms with Crippen LogP contribution in [0.4, 0.5) is 43.9 Å². The number of hydrogen-bond donors (Lipinski definition) is 2. The summed E-state index contributed by atoms with van der Waals surface area (Å²) in [5.41, 5.74) is -3.38. The topological polar surface area (TPSA) is 57.4 Å². The lowest BCUT2D eigenvalue weighted by Gasteiger charge is -2.10. The second-order valence-electron chi connectivity index (χ2n) is 10.1. The maximum absolute atomic E-state index is 15.1. The molecule has 0 amide bonds. The number of fused-ring (bicyclic) bond motifs is 8. The second kappa shape index (κ2) is 10.5. The minimum absolute atomic E-state index is 0.0795. The molecule has 0 unspecified atom stereocenters. The molecular weight excluding hydrogens is 630 g/mol. The van der Waals surface area contributed by atoms with Gasteiger partial charge in [-0.25, -0.2) is 53.9 Å². The molecule has 2 aromatic carbocycles. The number of rotatable bonds is 2. The molecule has 0 radical (unpaired) electrons. The SMILES string of the molecule is Fc1c(F)c(F)c(-c2c3nc(cc4ccc([nH]4)c(-c4c(F)c(F)c(F)c(F)c4F)c4ccc(cc5nc2C=C5)[nH]4)C=C3)c(F)c1F. The van der Waals surface area contributed by atoms with Gasteiger partial charge in [0.15, 0.2) is 46.5 Å². The van der Waals surface area contributed by atoms with Gasteiger partial charge in [0.1, 0.15) is 0 Å². The molecule has 0 saturated heterocycles. The van der Waals surface area contributed by atoms with Crippen molar-refractivity contribution in [2.75, 3.05) is 0 Å². The van der Waals surface area contributed by atoms with Crippen molar-refractivity contribution in [3.63, 3.8) is 0 Å². The Kier molecular flexibility index (Phi) is 6.61. The van der Waals surface area contributed by atoms with Crippen LogP contribution >= 0.6 is 0 Å². The maximum atomic E-state index is 15.1. The highest BCUT2D eigenvalue weighted by atomic mass is 19.2. The van der Waals surface area contributed by atoms with Gasteiger partial charge in [0, 0.05) is 33.2 Å². The summed E-state index contributed by atoms with van der Waals surface area (Å²) in [5, 5.41) is 0. The van der Waals surface area contributed by atoms with Gasteiger partial charge in [-0.15, -0.1) is 0 Å². The van der Waals surface area contributed by atoms with Crippen molar-refractivity contribution in [2.45, 2.75) is 0 Å². The van der Waals surface area contributed by atoms with Crippen LogP contribution in [-0.4, -0.2) is 19.9 Å². The van der Waals surface area contributed by atoms with Gasteiger partial charge in [-0.2, -0.15) is 0 Å². The highest BCUT2D eigenvalue weighted by Gasteiger charge is 2.31. The van der Waals surface area contributed by atoms with Crippen LogP contribution in [0.2, 0.25) is 0 Å². The first-order chi connectivity index (χ1) is 21.9. The molecule has 230 valence electrons. The molecule has 46 heavy (non-hydrogen) atoms. The number of H-pyrrole nitrogens is 2. The van der Waals surface area contributed by atoms with Gasteiger partial charge in [0.05, 0.1) is 33.9 Å². The van der Waals surface area contributed by atoms with E-state index in [1.165, 1.54) is 60.7 Å². The van der Waals surface area contributed by atoms with Crippen LogP contribution < -0.4 is 0 Å². The Morgan fingerprint density at radius 3 is 1.11 bits per heavy atom. The lowest BCUT2D eigenvalue weighted by Crippen LogP contribution is -2.05. The van der Waals surface area contributed by atoms with Crippen molar-refractivity contribution in [1.82, 2.24) is 19.9 Å². The quantitative estimate of drug-likeness (QED) is 0.112. The first-order valence-corrected chi connectivity index (χ1v) is 13.1. The molecule has 0 atom stereocenters. The summed E-state index contributed by atoms with van der Waals surface area (Å²) in [4.78, 5) is 14.2. The third-order valence-electron chi connectivity index (χ3n) is 7.32. The van der Waals surface area contributed by atoms with E-state index in [0.29, 0.717) is 0 Å². The van der Waals surface area contributed by atoms with Crippen molar-refractivity contribution >= 4 is 46.4 Å². The van der Waals surface area contributed by atoms with Gasteiger partial charge in [0.25, 0.3) is 0 Å². The van der Waals surface area contributed by atoms with E-state index in [2.05, 4.69) is 19.9 Å². The van der Waals surface area contributed by atoms with E-state index in [4.69, 9.17) is 0 Å². The number of nitrogens with one attached hydrogen (secondary N) is 2. The lowest BCUT2D eigenvalue weighted by molar-refractivity contribution is 0.381. The standard InChI is InChI=1S/C32H12F10N4/c33-23-21(24(34)28(38)31(41)27(23)37)19-15-5-1-11(43-15)9-12-2-6-17(44-12)20(22-25(35)29(39)32(42)30(40)26(22)36)18-8-4-14(46-18)10-13-3-7-16(19)45-13/h1-10,43,45H. The number of hydrogen-bond acceptors (Lipinski definition) is 2. The van der Waals surface area contributed by atoms with Gasteiger partial charge in [-0.05, 0) is 60.7 Å². The molecule has 5 aromatic rings. The Bertz CT molecular complexity index is 2230. The van der Waals surface area contributed by atoms with Crippen LogP contribution in [-0.2, 0) is 0 Å². The lowest BCUT2D eigenvalue weighted by atomic mass is 10.00. The normalized spacial score (nSPS) is 12.4. The van der Waals surface area contributed by atoms with Gasteiger partial charge in [-0.1, -0.05) is 0 Å². The zero-order chi connectivity index (χ0) is 32.6. The molecule has 0 fully saturated rings. The van der Waals surface area contributed by atoms with Gasteiger partial charge in [0.2, 0.25) is 11.6 Å². The summed E-state index contributed by atoms with van der Waals surface area (Å²) in [7, 11) is 0. The fraction of sp³-hybridized carbons (Fsp3) is 0. The molecule has 8 bridgehead atoms. The van der Waals surface area contributed by atoms with Crippen LogP contribution in [0.1, 0.15) is 22.8 Å². The van der Waals surface area contributed by atoms with Crippen molar-refractivity contribution in [3.8, 4) is 22.3 Å². The van der Waals surface area contributed by atoms with Crippen molar-refractivity contribution in [1.29, 1.82) is 0 Å². The third-order valence-corrected chi connectivity index (χ3v) is 7.32. The van der Waals surface area contributed by atoms with E-state index in [1.54, 1.807) is 0 Å². The Labute approximate surface area is 250 Å². The Morgan fingerprint density at radius 1 is 0.370 bits per heavy atom. The number of aromatic amines is 2. The van der Waals surface area contributed by atoms with E-state index < -0.39 is 80.4 Å². The average Bonchev–Trinajstić information content (AvgIpc) is 3.87. The van der Waals surface area contributed by atoms with E-state index in [1.807, 2.05) is 0 Å². The van der Waals surface area contributed by atoms with Crippen LogP contribution in [0.5, 0.6) is 0 Å². The van der Waals surface area contributed by atoms with Crippen LogP contribution in [0.15, 0.2) is 36.4 Å². The largest absolute Gasteiger partial charge is 0.355 e. The fourth-order valence-electron chi connectivity index (χ4n) is 5.25. The average molecular weight is 642 g/mol. The minimum Gasteiger partial charge on any atom is -0.355 e. The fourth-order valence-corrected chi connectivity index (χ4v) is 5.25. The zero-order valence-corrected chi connectivity index (χ0v) is 22.4. The number of halogens is 10. The molecule has 2 N–H and O–H groups in total. The van der Waals surface area contributed by atoms with E-state index in [0.717, 1.165) is 0 Å². The first-order valence-electron chi connectivity index (χ1n) is 13.1. The van der Waals surface area contributed by atoms with Crippen LogP contribution in [0.3, 0.4) is 0 Å². The first kappa shape index (κ1) is 29.1. The predicted octanol–water partition coefficient (Wildman–Crippen LogP) is 9.38. The molecule has 4 nitrogen and oxygen atoms in total. The maximum Gasteiger partial charge on any atom is 0.200 e. The van der Waals surface area contributed by atoms with Gasteiger partial charge >= 0.3 is 0 Å². The van der Waals surface area contributed by atoms with Crippen LogP contribution in [0.25, 0.3) is 68.6 Å². The van der Waals surface area contributed by atoms with Crippen LogP contribution in [0, 0.1) is 58.2 Å². The van der Waals surface area contributed by atoms with Gasteiger partial charge < -0.3 is 9.97 Å². The predicted molar refractivity (Wildman–Crippen MR) is 149 cm³/mol. The van der Waals surface area contributed by atoms with E-state index >= 15 is 17.6 Å². The highest BCUT2D eigenvalue weighted by molar-refractivity contribution is 5.95. The molecule has 7 rings (SSSR count). The highest BCUT2D eigenvalue weighted by Crippen LogP contribution is 2.39. The van der Waals surface area contributed by atoms with Crippen molar-refractivity contribution in [3.05, 3.63) is 117 Å². The third kappa shape index (κ3) is 4.39. The molecule has 2 aliphatic rings. The zero-order valence-electron chi connectivity index (χ0n) is 22.4. The number of aromatic nitrogens is 4. The summed E-state index contributed by atoms with van der Waals surface area (Å²) in [6, 6.07) is 8.10. The summed E-state index contributed by atoms with van der Waals surface area (Å²) in [6.07, 6.45) is 5.20. The summed E-state index contributed by atoms with van der Waals surface area (Å²) in [5.74, 6) is -21.6. The van der Waals surface area contributed by atoms with Crippen molar-refractivity contribution in [2.24, 2.45) is 0 Å². The van der Waals surface area contributed by atoms with Crippen molar-refractivity contribution < 1.29 is 43.9 Å². The molecule has 0 saturated carbocycles. The molecule has 0 spiro atoms. The molecule has 14 heteroatoms. The molecule has 2 aliphatic heterocycles. The summed E-state index contributed by atoms with van der Waals surface area (Å²) >= 11 is 0. The monoisotopic (exact) mass is 642 g/mol. The van der Waals surface area contributed by atoms with Gasteiger partial charge in [-0.3, -0.25) is 0 Å². The Hall–Kier alpha value is -5.66. The smallest absolute Gasteiger partial charge is 0.200 e. The number of benzene rings is 2.